The molecule has 0 aliphatic carbocycles. The molecular weight excluding hydrogens is 220 g/mol. The highest BCUT2D eigenvalue weighted by atomic mass is 16.5. The molecule has 6 heteroatoms. The van der Waals surface area contributed by atoms with Crippen molar-refractivity contribution < 1.29 is 9.53 Å². The first-order valence-corrected chi connectivity index (χ1v) is 5.05. The minimum atomic E-state index is -0.183. The van der Waals surface area contributed by atoms with E-state index in [2.05, 4.69) is 15.5 Å². The van der Waals surface area contributed by atoms with Gasteiger partial charge in [0.05, 0.1) is 18.1 Å². The average molecular weight is 232 g/mol. The van der Waals surface area contributed by atoms with E-state index in [1.54, 1.807) is 24.5 Å². The van der Waals surface area contributed by atoms with Gasteiger partial charge in [0.25, 0.3) is 0 Å². The molecule has 88 valence electrons. The second-order valence-electron chi connectivity index (χ2n) is 3.35. The number of carbonyl (C=O) groups is 1. The Balaban J connectivity index is 2.06. The van der Waals surface area contributed by atoms with Crippen molar-refractivity contribution in [2.45, 2.75) is 0 Å². The lowest BCUT2D eigenvalue weighted by Crippen LogP contribution is -2.17. The predicted molar refractivity (Wildman–Crippen MR) is 61.9 cm³/mol. The number of nitrogens with one attached hydrogen (secondary N) is 1. The van der Waals surface area contributed by atoms with Crippen LogP contribution in [-0.4, -0.2) is 34.6 Å². The van der Waals surface area contributed by atoms with Crippen LogP contribution < -0.4 is 5.32 Å². The van der Waals surface area contributed by atoms with Crippen molar-refractivity contribution in [3.8, 4) is 5.69 Å². The zero-order chi connectivity index (χ0) is 12.1. The van der Waals surface area contributed by atoms with Crippen molar-refractivity contribution in [2.75, 3.05) is 19.0 Å². The van der Waals surface area contributed by atoms with Crippen LogP contribution >= 0.6 is 0 Å². The first-order valence-electron chi connectivity index (χ1n) is 5.05. The summed E-state index contributed by atoms with van der Waals surface area (Å²) in [5.74, 6) is -0.183. The van der Waals surface area contributed by atoms with Gasteiger partial charge in [-0.1, -0.05) is 0 Å². The smallest absolute Gasteiger partial charge is 0.250 e. The van der Waals surface area contributed by atoms with Crippen molar-refractivity contribution in [1.29, 1.82) is 0 Å². The molecular formula is C11H12N4O2. The fraction of sp³-hybridized carbons (Fsp3) is 0.182. The molecule has 1 N–H and O–H groups in total. The molecule has 0 atom stereocenters. The van der Waals surface area contributed by atoms with Gasteiger partial charge in [0, 0.05) is 12.8 Å². The number of ether oxygens (including phenoxy) is 1. The maximum Gasteiger partial charge on any atom is 0.250 e. The molecule has 0 fully saturated rings. The van der Waals surface area contributed by atoms with Crippen LogP contribution in [0.1, 0.15) is 0 Å². The lowest BCUT2D eigenvalue weighted by molar-refractivity contribution is -0.119. The maximum absolute atomic E-state index is 11.3. The van der Waals surface area contributed by atoms with Crippen molar-refractivity contribution >= 4 is 11.6 Å². The Hall–Kier alpha value is -2.21. The molecule has 0 bridgehead atoms. The van der Waals surface area contributed by atoms with Gasteiger partial charge in [0.2, 0.25) is 5.91 Å². The van der Waals surface area contributed by atoms with Crippen LogP contribution in [0.25, 0.3) is 5.69 Å². The zero-order valence-corrected chi connectivity index (χ0v) is 9.33. The molecule has 0 unspecified atom stereocenters. The Bertz CT molecular complexity index is 479. The summed E-state index contributed by atoms with van der Waals surface area (Å²) in [6.07, 6.45) is 3.21. The van der Waals surface area contributed by atoms with E-state index in [1.165, 1.54) is 11.9 Å². The Kier molecular flexibility index (Phi) is 3.46. The van der Waals surface area contributed by atoms with Gasteiger partial charge < -0.3 is 10.1 Å². The van der Waals surface area contributed by atoms with Crippen LogP contribution in [0.4, 0.5) is 5.69 Å². The number of rotatable bonds is 4. The molecule has 0 saturated heterocycles. The summed E-state index contributed by atoms with van der Waals surface area (Å²) >= 11 is 0. The van der Waals surface area contributed by atoms with Crippen molar-refractivity contribution in [3.05, 3.63) is 36.7 Å². The fourth-order valence-electron chi connectivity index (χ4n) is 1.36. The highest BCUT2D eigenvalue weighted by molar-refractivity contribution is 5.91. The quantitative estimate of drug-likeness (QED) is 0.848. The Labute approximate surface area is 98.2 Å². The number of amides is 1. The second kappa shape index (κ2) is 5.22. The summed E-state index contributed by atoms with van der Waals surface area (Å²) in [5.41, 5.74) is 1.54. The van der Waals surface area contributed by atoms with E-state index >= 15 is 0 Å². The average Bonchev–Trinajstić information content (AvgIpc) is 2.84. The Morgan fingerprint density at radius 3 is 2.53 bits per heavy atom. The zero-order valence-electron chi connectivity index (χ0n) is 9.33. The minimum Gasteiger partial charge on any atom is -0.375 e. The second-order valence-corrected chi connectivity index (χ2v) is 3.35. The molecule has 0 aliphatic heterocycles. The maximum atomic E-state index is 11.3. The number of methoxy groups -OCH3 is 1. The normalized spacial score (nSPS) is 10.2. The molecule has 17 heavy (non-hydrogen) atoms. The molecule has 0 aliphatic rings. The van der Waals surface area contributed by atoms with Gasteiger partial charge in [-0.2, -0.15) is 15.0 Å². The van der Waals surface area contributed by atoms with Crippen LogP contribution in [0.5, 0.6) is 0 Å². The number of anilines is 1. The Morgan fingerprint density at radius 2 is 1.94 bits per heavy atom. The summed E-state index contributed by atoms with van der Waals surface area (Å²) in [4.78, 5) is 12.8. The summed E-state index contributed by atoms with van der Waals surface area (Å²) in [6, 6.07) is 7.21. The third-order valence-corrected chi connectivity index (χ3v) is 2.08. The van der Waals surface area contributed by atoms with Crippen molar-refractivity contribution in [2.24, 2.45) is 0 Å². The molecule has 0 radical (unpaired) electrons. The van der Waals surface area contributed by atoms with Gasteiger partial charge in [0.1, 0.15) is 6.61 Å². The number of nitrogens with zero attached hydrogens (tertiary/aromatic N) is 3. The van der Waals surface area contributed by atoms with E-state index in [-0.39, 0.29) is 12.5 Å². The van der Waals surface area contributed by atoms with Gasteiger partial charge in [-0.3, -0.25) is 4.79 Å². The van der Waals surface area contributed by atoms with Gasteiger partial charge in [-0.05, 0) is 24.3 Å². The molecule has 1 heterocycles. The number of aromatic nitrogens is 3. The summed E-state index contributed by atoms with van der Waals surface area (Å²) < 4.78 is 4.72. The fourth-order valence-corrected chi connectivity index (χ4v) is 1.36. The van der Waals surface area contributed by atoms with Crippen LogP contribution in [0.2, 0.25) is 0 Å². The van der Waals surface area contributed by atoms with Crippen LogP contribution in [0, 0.1) is 0 Å². The van der Waals surface area contributed by atoms with E-state index < -0.39 is 0 Å². The molecule has 1 aromatic carbocycles. The highest BCUT2D eigenvalue weighted by Crippen LogP contribution is 2.11. The van der Waals surface area contributed by atoms with Crippen LogP contribution in [0.3, 0.4) is 0 Å². The standard InChI is InChI=1S/C11H12N4O2/c1-17-8-11(16)14-9-2-4-10(5-3-9)15-12-6-7-13-15/h2-7H,8H2,1H3,(H,14,16). The molecule has 0 saturated carbocycles. The predicted octanol–water partition coefficient (Wildman–Crippen LogP) is 0.852. The van der Waals surface area contributed by atoms with E-state index in [9.17, 15) is 4.79 Å². The van der Waals surface area contributed by atoms with Gasteiger partial charge in [-0.25, -0.2) is 0 Å². The van der Waals surface area contributed by atoms with Gasteiger partial charge >= 0.3 is 0 Å². The molecule has 2 aromatic rings. The number of hydrogen-bond donors (Lipinski definition) is 1. The number of hydrogen-bond acceptors (Lipinski definition) is 4. The minimum absolute atomic E-state index is 0.0441. The lowest BCUT2D eigenvalue weighted by Gasteiger charge is -2.05. The number of benzene rings is 1. The third kappa shape index (κ3) is 2.88. The SMILES string of the molecule is COCC(=O)Nc1ccc(-n2nccn2)cc1. The molecule has 0 spiro atoms. The van der Waals surface area contributed by atoms with Gasteiger partial charge in [0.15, 0.2) is 0 Å². The topological polar surface area (TPSA) is 69.0 Å². The molecule has 1 amide bonds. The van der Waals surface area contributed by atoms with Crippen LogP contribution in [-0.2, 0) is 9.53 Å². The molecule has 2 rings (SSSR count). The summed E-state index contributed by atoms with van der Waals surface area (Å²) in [6.45, 7) is 0.0441. The third-order valence-electron chi connectivity index (χ3n) is 2.08. The van der Waals surface area contributed by atoms with E-state index in [4.69, 9.17) is 4.74 Å². The van der Waals surface area contributed by atoms with Crippen LogP contribution in [0.15, 0.2) is 36.7 Å². The van der Waals surface area contributed by atoms with Gasteiger partial charge in [-0.15, -0.1) is 0 Å². The number of carbonyl (C=O) groups excluding carboxylic acids is 1. The molecule has 1 aromatic heterocycles. The van der Waals surface area contributed by atoms with E-state index in [0.29, 0.717) is 5.69 Å². The molecule has 6 nitrogen and oxygen atoms in total. The lowest BCUT2D eigenvalue weighted by atomic mass is 10.3. The highest BCUT2D eigenvalue weighted by Gasteiger charge is 2.02. The van der Waals surface area contributed by atoms with E-state index in [0.717, 1.165) is 5.69 Å². The monoisotopic (exact) mass is 232 g/mol. The summed E-state index contributed by atoms with van der Waals surface area (Å²) in [7, 11) is 1.48. The largest absolute Gasteiger partial charge is 0.375 e. The van der Waals surface area contributed by atoms with Crippen molar-refractivity contribution in [1.82, 2.24) is 15.0 Å². The summed E-state index contributed by atoms with van der Waals surface area (Å²) in [5, 5.41) is 10.7. The van der Waals surface area contributed by atoms with E-state index in [1.807, 2.05) is 12.1 Å². The first kappa shape index (κ1) is 11.3. The van der Waals surface area contributed by atoms with Crippen molar-refractivity contribution in [3.63, 3.8) is 0 Å². The first-order chi connectivity index (χ1) is 8.29. The Morgan fingerprint density at radius 1 is 1.29 bits per heavy atom.